The molecule has 0 aliphatic carbocycles. The highest BCUT2D eigenvalue weighted by Gasteiger charge is 2.03. The largest absolute Gasteiger partial charge is 0.310 e. The van der Waals surface area contributed by atoms with Gasteiger partial charge in [0.2, 0.25) is 0 Å². The van der Waals surface area contributed by atoms with E-state index in [4.69, 9.17) is 0 Å². The lowest BCUT2D eigenvalue weighted by Crippen LogP contribution is -2.19. The molecule has 0 aliphatic rings. The van der Waals surface area contributed by atoms with Gasteiger partial charge in [-0.1, -0.05) is 19.1 Å². The van der Waals surface area contributed by atoms with Crippen LogP contribution in [0.5, 0.6) is 0 Å². The number of rotatable bonds is 4. The summed E-state index contributed by atoms with van der Waals surface area (Å²) in [5.41, 5.74) is 1.01. The summed E-state index contributed by atoms with van der Waals surface area (Å²) < 4.78 is 12.8. The van der Waals surface area contributed by atoms with Crippen molar-refractivity contribution in [2.24, 2.45) is 0 Å². The number of halogens is 1. The zero-order valence-corrected chi connectivity index (χ0v) is 8.18. The van der Waals surface area contributed by atoms with Gasteiger partial charge in [-0.3, -0.25) is 0 Å². The van der Waals surface area contributed by atoms with Crippen LogP contribution in [0.2, 0.25) is 0 Å². The van der Waals surface area contributed by atoms with Crippen molar-refractivity contribution in [1.82, 2.24) is 5.32 Å². The molecule has 0 bridgehead atoms. The Morgan fingerprint density at radius 3 is 2.85 bits per heavy atom. The van der Waals surface area contributed by atoms with Crippen LogP contribution in [-0.4, -0.2) is 6.54 Å². The van der Waals surface area contributed by atoms with E-state index in [1.165, 1.54) is 6.07 Å². The van der Waals surface area contributed by atoms with Crippen LogP contribution in [0.4, 0.5) is 4.39 Å². The molecule has 0 fully saturated rings. The molecule has 13 heavy (non-hydrogen) atoms. The summed E-state index contributed by atoms with van der Waals surface area (Å²) in [6.07, 6.45) is 1.10. The molecule has 1 aromatic carbocycles. The summed E-state index contributed by atoms with van der Waals surface area (Å²) >= 11 is 0. The topological polar surface area (TPSA) is 12.0 Å². The Kier molecular flexibility index (Phi) is 3.90. The van der Waals surface area contributed by atoms with E-state index in [9.17, 15) is 4.39 Å². The van der Waals surface area contributed by atoms with Crippen LogP contribution in [0.25, 0.3) is 0 Å². The molecule has 0 amide bonds. The normalized spacial score (nSPS) is 12.8. The third kappa shape index (κ3) is 3.15. The number of hydrogen-bond acceptors (Lipinski definition) is 1. The van der Waals surface area contributed by atoms with E-state index in [0.717, 1.165) is 18.5 Å². The second kappa shape index (κ2) is 4.97. The molecule has 0 heterocycles. The molecule has 0 radical (unpaired) electrons. The van der Waals surface area contributed by atoms with Crippen LogP contribution < -0.4 is 5.32 Å². The summed E-state index contributed by atoms with van der Waals surface area (Å²) in [5.74, 6) is -0.164. The molecular weight excluding hydrogens is 165 g/mol. The molecule has 1 rings (SSSR count). The van der Waals surface area contributed by atoms with E-state index in [2.05, 4.69) is 12.2 Å². The molecule has 2 heteroatoms. The van der Waals surface area contributed by atoms with Gasteiger partial charge in [0.1, 0.15) is 5.82 Å². The summed E-state index contributed by atoms with van der Waals surface area (Å²) in [4.78, 5) is 0. The third-order valence-corrected chi connectivity index (χ3v) is 2.05. The lowest BCUT2D eigenvalue weighted by Gasteiger charge is -2.13. The minimum absolute atomic E-state index is 0.164. The number of benzene rings is 1. The van der Waals surface area contributed by atoms with Crippen LogP contribution in [0.3, 0.4) is 0 Å². The summed E-state index contributed by atoms with van der Waals surface area (Å²) in [7, 11) is 0. The molecule has 1 atom stereocenters. The predicted octanol–water partition coefficient (Wildman–Crippen LogP) is 2.89. The van der Waals surface area contributed by atoms with E-state index in [1.54, 1.807) is 12.1 Å². The maximum atomic E-state index is 12.8. The zero-order valence-electron chi connectivity index (χ0n) is 8.18. The van der Waals surface area contributed by atoms with E-state index in [-0.39, 0.29) is 11.9 Å². The highest BCUT2D eigenvalue weighted by Crippen LogP contribution is 2.12. The van der Waals surface area contributed by atoms with Gasteiger partial charge in [0.05, 0.1) is 0 Å². The smallest absolute Gasteiger partial charge is 0.123 e. The van der Waals surface area contributed by atoms with Crippen molar-refractivity contribution in [3.63, 3.8) is 0 Å². The van der Waals surface area contributed by atoms with Crippen LogP contribution in [0.1, 0.15) is 31.9 Å². The Labute approximate surface area is 79.0 Å². The average molecular weight is 181 g/mol. The van der Waals surface area contributed by atoms with Crippen LogP contribution in [0.15, 0.2) is 24.3 Å². The fourth-order valence-corrected chi connectivity index (χ4v) is 1.25. The van der Waals surface area contributed by atoms with Crippen LogP contribution >= 0.6 is 0 Å². The van der Waals surface area contributed by atoms with E-state index in [0.29, 0.717) is 0 Å². The lowest BCUT2D eigenvalue weighted by molar-refractivity contribution is 0.562. The van der Waals surface area contributed by atoms with E-state index < -0.39 is 0 Å². The first kappa shape index (κ1) is 10.2. The van der Waals surface area contributed by atoms with Crippen LogP contribution in [0, 0.1) is 5.82 Å². The molecule has 0 unspecified atom stereocenters. The Balaban J connectivity index is 2.60. The fraction of sp³-hybridized carbons (Fsp3) is 0.455. The summed E-state index contributed by atoms with van der Waals surface area (Å²) in [6.45, 7) is 5.13. The van der Waals surface area contributed by atoms with Crippen molar-refractivity contribution >= 4 is 0 Å². The molecule has 0 aliphatic heterocycles. The molecule has 72 valence electrons. The lowest BCUT2D eigenvalue weighted by atomic mass is 10.1. The van der Waals surface area contributed by atoms with Gasteiger partial charge in [0.15, 0.2) is 0 Å². The molecule has 1 aromatic rings. The number of nitrogens with one attached hydrogen (secondary N) is 1. The Morgan fingerprint density at radius 2 is 2.23 bits per heavy atom. The minimum atomic E-state index is -0.164. The highest BCUT2D eigenvalue weighted by atomic mass is 19.1. The van der Waals surface area contributed by atoms with Gasteiger partial charge in [0.25, 0.3) is 0 Å². The molecule has 0 spiro atoms. The zero-order chi connectivity index (χ0) is 9.68. The second-order valence-electron chi connectivity index (χ2n) is 3.23. The van der Waals surface area contributed by atoms with E-state index >= 15 is 0 Å². The van der Waals surface area contributed by atoms with Gasteiger partial charge < -0.3 is 5.32 Å². The molecule has 1 N–H and O–H groups in total. The van der Waals surface area contributed by atoms with E-state index in [1.807, 2.05) is 13.0 Å². The minimum Gasteiger partial charge on any atom is -0.310 e. The molecule has 1 nitrogen and oxygen atoms in total. The van der Waals surface area contributed by atoms with Crippen LogP contribution in [-0.2, 0) is 0 Å². The van der Waals surface area contributed by atoms with Gasteiger partial charge in [0, 0.05) is 6.04 Å². The quantitative estimate of drug-likeness (QED) is 0.753. The van der Waals surface area contributed by atoms with Crippen molar-refractivity contribution in [3.8, 4) is 0 Å². The van der Waals surface area contributed by atoms with Crippen molar-refractivity contribution in [2.75, 3.05) is 6.54 Å². The summed E-state index contributed by atoms with van der Waals surface area (Å²) in [6, 6.07) is 6.96. The Hall–Kier alpha value is -0.890. The first-order valence-corrected chi connectivity index (χ1v) is 4.73. The van der Waals surface area contributed by atoms with Crippen molar-refractivity contribution in [1.29, 1.82) is 0 Å². The fourth-order valence-electron chi connectivity index (χ4n) is 1.25. The van der Waals surface area contributed by atoms with Gasteiger partial charge in [-0.15, -0.1) is 0 Å². The van der Waals surface area contributed by atoms with Gasteiger partial charge in [-0.2, -0.15) is 0 Å². The monoisotopic (exact) mass is 181 g/mol. The molecule has 0 saturated heterocycles. The SMILES string of the molecule is CCCN[C@H](C)c1cccc(F)c1. The van der Waals surface area contributed by atoms with Crippen molar-refractivity contribution < 1.29 is 4.39 Å². The maximum absolute atomic E-state index is 12.8. The number of hydrogen-bond donors (Lipinski definition) is 1. The second-order valence-corrected chi connectivity index (χ2v) is 3.23. The van der Waals surface area contributed by atoms with Crippen molar-refractivity contribution in [2.45, 2.75) is 26.3 Å². The third-order valence-electron chi connectivity index (χ3n) is 2.05. The standard InChI is InChI=1S/C11H16FN/c1-3-7-13-9(2)10-5-4-6-11(12)8-10/h4-6,8-9,13H,3,7H2,1-2H3/t9-/m1/s1. The maximum Gasteiger partial charge on any atom is 0.123 e. The first-order chi connectivity index (χ1) is 6.24. The average Bonchev–Trinajstić information content (AvgIpc) is 2.14. The Morgan fingerprint density at radius 1 is 1.46 bits per heavy atom. The molecule has 0 saturated carbocycles. The van der Waals surface area contributed by atoms with Gasteiger partial charge in [-0.25, -0.2) is 4.39 Å². The van der Waals surface area contributed by atoms with Gasteiger partial charge >= 0.3 is 0 Å². The van der Waals surface area contributed by atoms with Gasteiger partial charge in [-0.05, 0) is 37.6 Å². The van der Waals surface area contributed by atoms with Crippen molar-refractivity contribution in [3.05, 3.63) is 35.6 Å². The highest BCUT2D eigenvalue weighted by molar-refractivity contribution is 5.19. The Bertz CT molecular complexity index is 260. The predicted molar refractivity (Wildman–Crippen MR) is 53.1 cm³/mol. The summed E-state index contributed by atoms with van der Waals surface area (Å²) in [5, 5.41) is 3.31. The molecular formula is C11H16FN. The first-order valence-electron chi connectivity index (χ1n) is 4.73. The molecule has 0 aromatic heterocycles.